The first-order chi connectivity index (χ1) is 12.7. The summed E-state index contributed by atoms with van der Waals surface area (Å²) in [5.41, 5.74) is 5.08. The highest BCUT2D eigenvalue weighted by atomic mass is 16.3. The zero-order chi connectivity index (χ0) is 17.9. The number of rotatable bonds is 4. The number of fused-ring (bicyclic) bond motifs is 1. The molecular weight excluding hydrogens is 328 g/mol. The molecule has 1 amide bonds. The lowest BCUT2D eigenvalue weighted by atomic mass is 10.0. The molecule has 0 saturated heterocycles. The summed E-state index contributed by atoms with van der Waals surface area (Å²) in [6, 6.07) is 19.3. The highest BCUT2D eigenvalue weighted by Crippen LogP contribution is 2.18. The Labute approximate surface area is 149 Å². The molecular formula is C20H16N4O2. The van der Waals surface area contributed by atoms with Crippen LogP contribution >= 0.6 is 0 Å². The molecule has 4 aromatic rings. The summed E-state index contributed by atoms with van der Waals surface area (Å²) in [5, 5.41) is 13.3. The first kappa shape index (κ1) is 15.8. The smallest absolute Gasteiger partial charge is 0.291 e. The maximum atomic E-state index is 12.2. The van der Waals surface area contributed by atoms with Gasteiger partial charge in [0, 0.05) is 6.07 Å². The summed E-state index contributed by atoms with van der Waals surface area (Å²) < 4.78 is 5.27. The van der Waals surface area contributed by atoms with Gasteiger partial charge in [-0.3, -0.25) is 9.89 Å². The number of aromatic amines is 1. The van der Waals surface area contributed by atoms with E-state index in [1.54, 1.807) is 24.5 Å². The second-order valence-electron chi connectivity index (χ2n) is 5.84. The topological polar surface area (TPSA) is 83.3 Å². The van der Waals surface area contributed by atoms with Crippen LogP contribution in [0.2, 0.25) is 0 Å². The number of carbonyl (C=O) groups excluding carboxylic acids is 1. The molecule has 0 saturated carbocycles. The maximum absolute atomic E-state index is 12.2. The van der Waals surface area contributed by atoms with Gasteiger partial charge < -0.3 is 4.42 Å². The molecule has 0 aliphatic carbocycles. The van der Waals surface area contributed by atoms with Crippen molar-refractivity contribution in [3.63, 3.8) is 0 Å². The second kappa shape index (κ2) is 6.68. The van der Waals surface area contributed by atoms with Gasteiger partial charge in [-0.05, 0) is 41.5 Å². The maximum Gasteiger partial charge on any atom is 0.291 e. The molecule has 0 radical (unpaired) electrons. The van der Waals surface area contributed by atoms with E-state index in [9.17, 15) is 4.79 Å². The largest absolute Gasteiger partial charge is 0.463 e. The summed E-state index contributed by atoms with van der Waals surface area (Å²) in [6.45, 7) is 1.85. The summed E-state index contributed by atoms with van der Waals surface area (Å²) in [4.78, 5) is 12.2. The SMILES string of the molecule is C/C(=N/NC(=O)c1cc(-c2ccco2)[nH]n1)c1ccc2ccccc2c1. The average molecular weight is 344 g/mol. The molecule has 6 heteroatoms. The predicted octanol–water partition coefficient (Wildman–Crippen LogP) is 3.98. The number of carbonyl (C=O) groups is 1. The third-order valence-corrected chi connectivity index (χ3v) is 4.09. The van der Waals surface area contributed by atoms with Gasteiger partial charge in [0.05, 0.1) is 12.0 Å². The van der Waals surface area contributed by atoms with Gasteiger partial charge in [0.15, 0.2) is 11.5 Å². The molecule has 2 N–H and O–H groups in total. The number of hydrogen-bond acceptors (Lipinski definition) is 4. The van der Waals surface area contributed by atoms with E-state index in [0.29, 0.717) is 17.2 Å². The van der Waals surface area contributed by atoms with Crippen molar-refractivity contribution < 1.29 is 9.21 Å². The van der Waals surface area contributed by atoms with Crippen molar-refractivity contribution in [1.82, 2.24) is 15.6 Å². The monoisotopic (exact) mass is 344 g/mol. The standard InChI is InChI=1S/C20H16N4O2/c1-13(15-9-8-14-5-2-3-6-16(14)11-15)21-24-20(25)18-12-17(22-23-18)19-7-4-10-26-19/h2-12H,1H3,(H,22,23)(H,24,25)/b21-13-. The first-order valence-corrected chi connectivity index (χ1v) is 8.14. The zero-order valence-electron chi connectivity index (χ0n) is 14.1. The zero-order valence-corrected chi connectivity index (χ0v) is 14.1. The van der Waals surface area contributed by atoms with Crippen LogP contribution in [0.15, 0.2) is 76.4 Å². The van der Waals surface area contributed by atoms with Gasteiger partial charge in [0.2, 0.25) is 0 Å². The third-order valence-electron chi connectivity index (χ3n) is 4.09. The van der Waals surface area contributed by atoms with Gasteiger partial charge in [0.25, 0.3) is 5.91 Å². The van der Waals surface area contributed by atoms with E-state index >= 15 is 0 Å². The number of hydrazone groups is 1. The molecule has 0 bridgehead atoms. The van der Waals surface area contributed by atoms with E-state index in [0.717, 1.165) is 16.3 Å². The minimum Gasteiger partial charge on any atom is -0.463 e. The number of H-pyrrole nitrogens is 1. The number of aromatic nitrogens is 2. The molecule has 4 rings (SSSR count). The number of furan rings is 1. The van der Waals surface area contributed by atoms with E-state index in [1.807, 2.05) is 43.3 Å². The number of amides is 1. The fourth-order valence-corrected chi connectivity index (χ4v) is 2.67. The molecule has 0 aliphatic rings. The van der Waals surface area contributed by atoms with Crippen molar-refractivity contribution in [2.75, 3.05) is 0 Å². The molecule has 128 valence electrons. The summed E-state index contributed by atoms with van der Waals surface area (Å²) in [7, 11) is 0. The van der Waals surface area contributed by atoms with E-state index < -0.39 is 0 Å². The first-order valence-electron chi connectivity index (χ1n) is 8.14. The predicted molar refractivity (Wildman–Crippen MR) is 99.9 cm³/mol. The summed E-state index contributed by atoms with van der Waals surface area (Å²) in [6.07, 6.45) is 1.56. The fraction of sp³-hybridized carbons (Fsp3) is 0.0500. The summed E-state index contributed by atoms with van der Waals surface area (Å²) in [5.74, 6) is 0.228. The third kappa shape index (κ3) is 3.12. The number of nitrogens with zero attached hydrogens (tertiary/aromatic N) is 2. The molecule has 0 aliphatic heterocycles. The Morgan fingerprint density at radius 1 is 1.08 bits per heavy atom. The van der Waals surface area contributed by atoms with Crippen LogP contribution in [0.1, 0.15) is 23.0 Å². The minimum absolute atomic E-state index is 0.242. The second-order valence-corrected chi connectivity index (χ2v) is 5.84. The Morgan fingerprint density at radius 3 is 2.73 bits per heavy atom. The van der Waals surface area contributed by atoms with Gasteiger partial charge in [-0.1, -0.05) is 36.4 Å². The molecule has 2 aromatic carbocycles. The van der Waals surface area contributed by atoms with E-state index in [2.05, 4.69) is 26.8 Å². The van der Waals surface area contributed by atoms with E-state index in [4.69, 9.17) is 4.42 Å². The van der Waals surface area contributed by atoms with Crippen molar-refractivity contribution in [1.29, 1.82) is 0 Å². The molecule has 0 fully saturated rings. The van der Waals surface area contributed by atoms with Crippen LogP contribution in [0.25, 0.3) is 22.2 Å². The van der Waals surface area contributed by atoms with E-state index in [-0.39, 0.29) is 11.6 Å². The number of benzene rings is 2. The Kier molecular flexibility index (Phi) is 4.07. The van der Waals surface area contributed by atoms with Gasteiger partial charge in [-0.25, -0.2) is 5.43 Å². The van der Waals surface area contributed by atoms with Crippen molar-refractivity contribution in [3.8, 4) is 11.5 Å². The van der Waals surface area contributed by atoms with Crippen molar-refractivity contribution in [2.45, 2.75) is 6.92 Å². The molecule has 26 heavy (non-hydrogen) atoms. The molecule has 2 heterocycles. The molecule has 0 spiro atoms. The van der Waals surface area contributed by atoms with E-state index in [1.165, 1.54) is 0 Å². The van der Waals surface area contributed by atoms with Gasteiger partial charge in [-0.15, -0.1) is 0 Å². The van der Waals surface area contributed by atoms with Gasteiger partial charge >= 0.3 is 0 Å². The Bertz CT molecular complexity index is 1090. The van der Waals surface area contributed by atoms with Crippen molar-refractivity contribution in [3.05, 3.63) is 78.2 Å². The normalized spacial score (nSPS) is 11.7. The molecule has 0 unspecified atom stereocenters. The lowest BCUT2D eigenvalue weighted by Crippen LogP contribution is -2.19. The van der Waals surface area contributed by atoms with Crippen LogP contribution in [0.3, 0.4) is 0 Å². The Balaban J connectivity index is 1.50. The van der Waals surface area contributed by atoms with Gasteiger partial charge in [-0.2, -0.15) is 10.2 Å². The quantitative estimate of drug-likeness (QED) is 0.434. The lowest BCUT2D eigenvalue weighted by molar-refractivity contribution is 0.0950. The van der Waals surface area contributed by atoms with Crippen molar-refractivity contribution >= 4 is 22.4 Å². The van der Waals surface area contributed by atoms with Crippen molar-refractivity contribution in [2.24, 2.45) is 5.10 Å². The highest BCUT2D eigenvalue weighted by molar-refractivity contribution is 6.03. The van der Waals surface area contributed by atoms with Crippen LogP contribution in [-0.4, -0.2) is 21.8 Å². The van der Waals surface area contributed by atoms with Crippen LogP contribution in [0, 0.1) is 0 Å². The fourth-order valence-electron chi connectivity index (χ4n) is 2.67. The van der Waals surface area contributed by atoms with Crippen LogP contribution in [0.5, 0.6) is 0 Å². The Hall–Kier alpha value is -3.67. The molecule has 2 aromatic heterocycles. The molecule has 6 nitrogen and oxygen atoms in total. The average Bonchev–Trinajstić information content (AvgIpc) is 3.36. The van der Waals surface area contributed by atoms with Crippen LogP contribution < -0.4 is 5.43 Å². The van der Waals surface area contributed by atoms with Gasteiger partial charge in [0.1, 0.15) is 5.69 Å². The minimum atomic E-state index is -0.390. The molecule has 0 atom stereocenters. The number of nitrogens with one attached hydrogen (secondary N) is 2. The summed E-state index contributed by atoms with van der Waals surface area (Å²) >= 11 is 0. The van der Waals surface area contributed by atoms with Crippen LogP contribution in [-0.2, 0) is 0 Å². The lowest BCUT2D eigenvalue weighted by Gasteiger charge is -2.04. The Morgan fingerprint density at radius 2 is 1.92 bits per heavy atom. The van der Waals surface area contributed by atoms with Crippen LogP contribution in [0.4, 0.5) is 0 Å². The number of hydrogen-bond donors (Lipinski definition) is 2. The highest BCUT2D eigenvalue weighted by Gasteiger charge is 2.12.